The number of thioether (sulfide) groups is 1. The minimum Gasteiger partial charge on any atom is -0.492 e. The minimum absolute atomic E-state index is 0.138. The van der Waals surface area contributed by atoms with Gasteiger partial charge in [-0.1, -0.05) is 30.0 Å². The zero-order chi connectivity index (χ0) is 24.0. The predicted octanol–water partition coefficient (Wildman–Crippen LogP) is 5.70. The second-order valence-electron chi connectivity index (χ2n) is 7.78. The van der Waals surface area contributed by atoms with E-state index in [4.69, 9.17) is 4.74 Å². The Kier molecular flexibility index (Phi) is 8.11. The van der Waals surface area contributed by atoms with Crippen LogP contribution in [0, 0.1) is 27.7 Å². The van der Waals surface area contributed by atoms with Crippen LogP contribution in [0.5, 0.6) is 5.75 Å². The average Bonchev–Trinajstić information content (AvgIpc) is 2.76. The Balaban J connectivity index is 1.77. The summed E-state index contributed by atoms with van der Waals surface area (Å²) < 4.78 is 5.62. The van der Waals surface area contributed by atoms with Gasteiger partial charge in [-0.2, -0.15) is 0 Å². The third-order valence-corrected chi connectivity index (χ3v) is 6.08. The molecule has 6 nitrogen and oxygen atoms in total. The summed E-state index contributed by atoms with van der Waals surface area (Å²) >= 11 is 1.25. The number of para-hydroxylation sites is 2. The topological polar surface area (TPSA) is 80.3 Å². The van der Waals surface area contributed by atoms with Gasteiger partial charge in [0.25, 0.3) is 5.91 Å². The SMILES string of the molecule is CCOc1ccccc1NC(=O)c1c(C)cc(C)nc1SCC(=O)Nc1ccc(C)c(C)c1. The number of rotatable bonds is 8. The zero-order valence-electron chi connectivity index (χ0n) is 19.6. The number of pyridine rings is 1. The first kappa shape index (κ1) is 24.3. The average molecular weight is 464 g/mol. The van der Waals surface area contributed by atoms with E-state index in [1.54, 1.807) is 6.07 Å². The van der Waals surface area contributed by atoms with Crippen molar-refractivity contribution in [2.45, 2.75) is 39.6 Å². The molecule has 0 unspecified atom stereocenters. The van der Waals surface area contributed by atoms with Crippen LogP contribution < -0.4 is 15.4 Å². The van der Waals surface area contributed by atoms with E-state index in [-0.39, 0.29) is 17.6 Å². The van der Waals surface area contributed by atoms with Gasteiger partial charge >= 0.3 is 0 Å². The Morgan fingerprint density at radius 1 is 0.939 bits per heavy atom. The number of aryl methyl sites for hydroxylation is 4. The van der Waals surface area contributed by atoms with Crippen LogP contribution in [0.25, 0.3) is 0 Å². The smallest absolute Gasteiger partial charge is 0.258 e. The van der Waals surface area contributed by atoms with Crippen molar-refractivity contribution in [2.24, 2.45) is 0 Å². The normalized spacial score (nSPS) is 10.6. The van der Waals surface area contributed by atoms with Crippen LogP contribution in [-0.4, -0.2) is 29.2 Å². The van der Waals surface area contributed by atoms with Crippen molar-refractivity contribution in [3.05, 3.63) is 76.5 Å². The van der Waals surface area contributed by atoms with E-state index in [0.29, 0.717) is 28.6 Å². The first-order valence-corrected chi connectivity index (χ1v) is 11.8. The van der Waals surface area contributed by atoms with Gasteiger partial charge in [-0.15, -0.1) is 0 Å². The molecule has 3 aromatic rings. The fourth-order valence-electron chi connectivity index (χ4n) is 3.37. The number of aromatic nitrogens is 1. The zero-order valence-corrected chi connectivity index (χ0v) is 20.4. The summed E-state index contributed by atoms with van der Waals surface area (Å²) in [6.07, 6.45) is 0. The molecule has 2 aromatic carbocycles. The Labute approximate surface area is 199 Å². The van der Waals surface area contributed by atoms with Crippen LogP contribution in [0.1, 0.15) is 39.7 Å². The highest BCUT2D eigenvalue weighted by molar-refractivity contribution is 8.00. The predicted molar refractivity (Wildman–Crippen MR) is 135 cm³/mol. The van der Waals surface area contributed by atoms with Gasteiger partial charge in [-0.05, 0) is 81.6 Å². The van der Waals surface area contributed by atoms with Crippen molar-refractivity contribution in [3.63, 3.8) is 0 Å². The lowest BCUT2D eigenvalue weighted by Crippen LogP contribution is -2.18. The molecule has 0 fully saturated rings. The maximum Gasteiger partial charge on any atom is 0.258 e. The molecule has 0 saturated carbocycles. The molecule has 0 saturated heterocycles. The molecule has 3 rings (SSSR count). The summed E-state index contributed by atoms with van der Waals surface area (Å²) in [5, 5.41) is 6.37. The van der Waals surface area contributed by atoms with Gasteiger partial charge in [0, 0.05) is 11.4 Å². The number of amides is 2. The molecular formula is C26H29N3O3S. The molecule has 0 aliphatic carbocycles. The molecule has 2 amide bonds. The lowest BCUT2D eigenvalue weighted by Gasteiger charge is -2.15. The summed E-state index contributed by atoms with van der Waals surface area (Å²) in [6.45, 7) is 10.2. The highest BCUT2D eigenvalue weighted by atomic mass is 32.2. The number of benzene rings is 2. The van der Waals surface area contributed by atoms with E-state index in [2.05, 4.69) is 15.6 Å². The number of nitrogens with zero attached hydrogens (tertiary/aromatic N) is 1. The van der Waals surface area contributed by atoms with Gasteiger partial charge in [-0.3, -0.25) is 9.59 Å². The van der Waals surface area contributed by atoms with Crippen LogP contribution >= 0.6 is 11.8 Å². The van der Waals surface area contributed by atoms with Crippen LogP contribution in [0.3, 0.4) is 0 Å². The largest absolute Gasteiger partial charge is 0.492 e. The Bertz CT molecular complexity index is 1180. The van der Waals surface area contributed by atoms with Crippen LogP contribution in [0.2, 0.25) is 0 Å². The molecule has 7 heteroatoms. The third-order valence-electron chi connectivity index (χ3n) is 5.10. The quantitative estimate of drug-likeness (QED) is 0.419. The number of hydrogen-bond acceptors (Lipinski definition) is 5. The highest BCUT2D eigenvalue weighted by Crippen LogP contribution is 2.28. The van der Waals surface area contributed by atoms with Crippen molar-refractivity contribution in [2.75, 3.05) is 23.0 Å². The molecule has 0 bridgehead atoms. The molecule has 0 aliphatic rings. The van der Waals surface area contributed by atoms with E-state index in [0.717, 1.165) is 22.5 Å². The third kappa shape index (κ3) is 6.35. The molecule has 0 spiro atoms. The summed E-state index contributed by atoms with van der Waals surface area (Å²) in [5.41, 5.74) is 5.67. The summed E-state index contributed by atoms with van der Waals surface area (Å²) in [5.74, 6) is 0.299. The van der Waals surface area contributed by atoms with Gasteiger partial charge in [0.05, 0.1) is 23.6 Å². The molecule has 0 atom stereocenters. The number of carbonyl (C=O) groups excluding carboxylic acids is 2. The lowest BCUT2D eigenvalue weighted by atomic mass is 10.1. The van der Waals surface area contributed by atoms with Crippen molar-refractivity contribution in [1.29, 1.82) is 0 Å². The first-order valence-electron chi connectivity index (χ1n) is 10.8. The van der Waals surface area contributed by atoms with E-state index in [1.807, 2.05) is 77.1 Å². The van der Waals surface area contributed by atoms with Crippen LogP contribution in [-0.2, 0) is 4.79 Å². The monoisotopic (exact) mass is 463 g/mol. The van der Waals surface area contributed by atoms with Gasteiger partial charge in [0.2, 0.25) is 5.91 Å². The van der Waals surface area contributed by atoms with E-state index >= 15 is 0 Å². The number of hydrogen-bond donors (Lipinski definition) is 2. The fourth-order valence-corrected chi connectivity index (χ4v) is 4.32. The summed E-state index contributed by atoms with van der Waals surface area (Å²) in [7, 11) is 0. The Morgan fingerprint density at radius 2 is 1.70 bits per heavy atom. The minimum atomic E-state index is -0.288. The molecule has 172 valence electrons. The number of carbonyl (C=O) groups is 2. The van der Waals surface area contributed by atoms with Gasteiger partial charge < -0.3 is 15.4 Å². The van der Waals surface area contributed by atoms with Gasteiger partial charge in [-0.25, -0.2) is 4.98 Å². The standard InChI is InChI=1S/C26H29N3O3S/c1-6-32-22-10-8-7-9-21(22)29-25(31)24-18(4)13-19(5)27-26(24)33-15-23(30)28-20-12-11-16(2)17(3)14-20/h7-14H,6,15H2,1-5H3,(H,28,30)(H,29,31). The van der Waals surface area contributed by atoms with Crippen molar-refractivity contribution in [3.8, 4) is 5.75 Å². The Hall–Kier alpha value is -3.32. The highest BCUT2D eigenvalue weighted by Gasteiger charge is 2.19. The van der Waals surface area contributed by atoms with E-state index in [9.17, 15) is 9.59 Å². The van der Waals surface area contributed by atoms with Crippen LogP contribution in [0.4, 0.5) is 11.4 Å². The molecule has 33 heavy (non-hydrogen) atoms. The van der Waals surface area contributed by atoms with Gasteiger partial charge in [0.15, 0.2) is 0 Å². The van der Waals surface area contributed by atoms with E-state index < -0.39 is 0 Å². The first-order chi connectivity index (χ1) is 15.8. The molecule has 1 heterocycles. The van der Waals surface area contributed by atoms with Crippen molar-refractivity contribution >= 4 is 35.0 Å². The summed E-state index contributed by atoms with van der Waals surface area (Å²) in [6, 6.07) is 15.0. The maximum atomic E-state index is 13.2. The second kappa shape index (κ2) is 11.0. The summed E-state index contributed by atoms with van der Waals surface area (Å²) in [4.78, 5) is 30.3. The van der Waals surface area contributed by atoms with Crippen molar-refractivity contribution in [1.82, 2.24) is 4.98 Å². The maximum absolute atomic E-state index is 13.2. The lowest BCUT2D eigenvalue weighted by molar-refractivity contribution is -0.113. The molecule has 0 aliphatic heterocycles. The molecule has 0 radical (unpaired) electrons. The number of anilines is 2. The molecule has 2 N–H and O–H groups in total. The fraction of sp³-hybridized carbons (Fsp3) is 0.269. The molecule has 1 aromatic heterocycles. The van der Waals surface area contributed by atoms with E-state index in [1.165, 1.54) is 17.3 Å². The van der Waals surface area contributed by atoms with Crippen molar-refractivity contribution < 1.29 is 14.3 Å². The molecular weight excluding hydrogens is 434 g/mol. The second-order valence-corrected chi connectivity index (χ2v) is 8.74. The number of ether oxygens (including phenoxy) is 1. The number of nitrogens with one attached hydrogen (secondary N) is 2. The van der Waals surface area contributed by atoms with Crippen LogP contribution in [0.15, 0.2) is 53.6 Å². The van der Waals surface area contributed by atoms with Gasteiger partial charge in [0.1, 0.15) is 10.8 Å². The Morgan fingerprint density at radius 3 is 2.42 bits per heavy atom.